The van der Waals surface area contributed by atoms with Crippen LogP contribution in [-0.4, -0.2) is 29.1 Å². The van der Waals surface area contributed by atoms with Crippen LogP contribution in [-0.2, 0) is 0 Å². The highest BCUT2D eigenvalue weighted by molar-refractivity contribution is 5.78. The molecule has 6 aromatic rings. The van der Waals surface area contributed by atoms with Crippen LogP contribution in [0.4, 0.5) is 0 Å². The van der Waals surface area contributed by atoms with E-state index in [4.69, 9.17) is 4.98 Å². The Morgan fingerprint density at radius 1 is 0.735 bits per heavy atom. The van der Waals surface area contributed by atoms with Crippen molar-refractivity contribution in [1.82, 2.24) is 29.1 Å². The first-order chi connectivity index (χ1) is 16.7. The van der Waals surface area contributed by atoms with Crippen LogP contribution in [0.3, 0.4) is 0 Å². The lowest BCUT2D eigenvalue weighted by atomic mass is 10.1. The molecule has 0 aliphatic heterocycles. The maximum atomic E-state index is 4.99. The summed E-state index contributed by atoms with van der Waals surface area (Å²) in [6, 6.07) is 22.5. The van der Waals surface area contributed by atoms with Crippen LogP contribution in [0.15, 0.2) is 97.7 Å². The number of nitrogens with zero attached hydrogens (tertiary/aromatic N) is 6. The lowest BCUT2D eigenvalue weighted by molar-refractivity contribution is 1.03. The van der Waals surface area contributed by atoms with Gasteiger partial charge in [0.2, 0.25) is 0 Å². The molecule has 0 fully saturated rings. The van der Waals surface area contributed by atoms with Crippen LogP contribution in [0.5, 0.6) is 0 Å². The molecule has 0 atom stereocenters. The second-order valence-electron chi connectivity index (χ2n) is 8.30. The Morgan fingerprint density at radius 2 is 1.65 bits per heavy atom. The van der Waals surface area contributed by atoms with Gasteiger partial charge in [-0.25, -0.2) is 9.97 Å². The maximum absolute atomic E-state index is 4.99. The van der Waals surface area contributed by atoms with Crippen LogP contribution in [0.2, 0.25) is 0 Å². The van der Waals surface area contributed by atoms with Crippen LogP contribution in [0, 0.1) is 13.8 Å². The molecule has 0 aliphatic rings. The minimum absolute atomic E-state index is 0.818. The fraction of sp³-hybridized carbons (Fsp3) is 0.0714. The molecule has 0 saturated heterocycles. The van der Waals surface area contributed by atoms with Crippen molar-refractivity contribution in [1.29, 1.82) is 0 Å². The zero-order valence-electron chi connectivity index (χ0n) is 18.9. The van der Waals surface area contributed by atoms with E-state index in [1.54, 1.807) is 6.20 Å². The van der Waals surface area contributed by atoms with Gasteiger partial charge in [-0.2, -0.15) is 0 Å². The normalized spacial score (nSPS) is 11.2. The van der Waals surface area contributed by atoms with Gasteiger partial charge < -0.3 is 4.57 Å². The molecule has 0 spiro atoms. The minimum atomic E-state index is 0.818. The molecule has 5 heterocycles. The van der Waals surface area contributed by atoms with Crippen molar-refractivity contribution in [2.24, 2.45) is 0 Å². The van der Waals surface area contributed by atoms with Gasteiger partial charge in [-0.3, -0.25) is 14.5 Å². The van der Waals surface area contributed by atoms with Gasteiger partial charge in [-0.15, -0.1) is 0 Å². The van der Waals surface area contributed by atoms with Gasteiger partial charge in [-0.1, -0.05) is 6.07 Å². The number of imidazole rings is 1. The van der Waals surface area contributed by atoms with E-state index in [-0.39, 0.29) is 0 Å². The van der Waals surface area contributed by atoms with E-state index in [9.17, 15) is 0 Å². The van der Waals surface area contributed by atoms with E-state index in [0.29, 0.717) is 0 Å². The van der Waals surface area contributed by atoms with Gasteiger partial charge in [0.1, 0.15) is 17.2 Å². The fourth-order valence-corrected chi connectivity index (χ4v) is 4.25. The summed E-state index contributed by atoms with van der Waals surface area (Å²) >= 11 is 0. The smallest absolute Gasteiger partial charge is 0.145 e. The molecule has 0 unspecified atom stereocenters. The molecule has 6 rings (SSSR count). The number of hydrogen-bond acceptors (Lipinski definition) is 4. The molecule has 0 saturated carbocycles. The fourth-order valence-electron chi connectivity index (χ4n) is 4.25. The summed E-state index contributed by atoms with van der Waals surface area (Å²) in [4.78, 5) is 18.5. The number of aryl methyl sites for hydroxylation is 2. The highest BCUT2D eigenvalue weighted by Gasteiger charge is 2.16. The Bertz CT molecular complexity index is 1610. The molecule has 164 valence electrons. The Hall–Kier alpha value is -4.58. The van der Waals surface area contributed by atoms with Gasteiger partial charge in [0, 0.05) is 47.1 Å². The third kappa shape index (κ3) is 3.46. The zero-order chi connectivity index (χ0) is 23.1. The molecule has 0 aliphatic carbocycles. The predicted molar refractivity (Wildman–Crippen MR) is 134 cm³/mol. The molecular formula is C28H22N6. The quantitative estimate of drug-likeness (QED) is 0.338. The lowest BCUT2D eigenvalue weighted by Gasteiger charge is -2.12. The van der Waals surface area contributed by atoms with Crippen LogP contribution >= 0.6 is 0 Å². The average Bonchev–Trinajstić information content (AvgIpc) is 3.50. The van der Waals surface area contributed by atoms with Crippen molar-refractivity contribution < 1.29 is 0 Å². The largest absolute Gasteiger partial charge is 0.301 e. The second kappa shape index (κ2) is 8.08. The maximum Gasteiger partial charge on any atom is 0.145 e. The first-order valence-electron chi connectivity index (χ1n) is 11.1. The molecule has 0 N–H and O–H groups in total. The summed E-state index contributed by atoms with van der Waals surface area (Å²) in [5.41, 5.74) is 7.78. The van der Waals surface area contributed by atoms with E-state index in [2.05, 4.69) is 73.6 Å². The SMILES string of the molecule is Cc1ccc(-n2cc(-c3ccccn3)nc2-c2ccc(-n3ccc4cccnc43)c(C)c2)cn1. The second-order valence-corrected chi connectivity index (χ2v) is 8.30. The number of fused-ring (bicyclic) bond motifs is 1. The monoisotopic (exact) mass is 442 g/mol. The van der Waals surface area contributed by atoms with Gasteiger partial charge in [0.25, 0.3) is 0 Å². The minimum Gasteiger partial charge on any atom is -0.301 e. The number of aromatic nitrogens is 6. The van der Waals surface area contributed by atoms with Crippen LogP contribution in [0.1, 0.15) is 11.3 Å². The van der Waals surface area contributed by atoms with E-state index in [0.717, 1.165) is 56.4 Å². The molecule has 1 aromatic carbocycles. The molecule has 6 heteroatoms. The van der Waals surface area contributed by atoms with Gasteiger partial charge in [0.15, 0.2) is 0 Å². The first kappa shape index (κ1) is 20.1. The topological polar surface area (TPSA) is 61.4 Å². The number of pyridine rings is 3. The van der Waals surface area contributed by atoms with Crippen molar-refractivity contribution in [3.05, 3.63) is 109 Å². The van der Waals surface area contributed by atoms with E-state index >= 15 is 0 Å². The molecule has 0 amide bonds. The molecule has 34 heavy (non-hydrogen) atoms. The van der Waals surface area contributed by atoms with Gasteiger partial charge in [0.05, 0.1) is 17.6 Å². The molecular weight excluding hydrogens is 420 g/mol. The van der Waals surface area contributed by atoms with Crippen LogP contribution in [0.25, 0.3) is 45.2 Å². The summed E-state index contributed by atoms with van der Waals surface area (Å²) in [7, 11) is 0. The molecule has 6 nitrogen and oxygen atoms in total. The van der Waals surface area contributed by atoms with Gasteiger partial charge in [-0.05, 0) is 80.1 Å². The van der Waals surface area contributed by atoms with Crippen molar-refractivity contribution in [3.63, 3.8) is 0 Å². The number of benzene rings is 1. The highest BCUT2D eigenvalue weighted by Crippen LogP contribution is 2.30. The summed E-state index contributed by atoms with van der Waals surface area (Å²) in [5, 5.41) is 1.12. The Kier molecular flexibility index (Phi) is 4.77. The third-order valence-electron chi connectivity index (χ3n) is 5.97. The summed E-state index contributed by atoms with van der Waals surface area (Å²) in [6.45, 7) is 4.10. The molecule has 0 bridgehead atoms. The van der Waals surface area contributed by atoms with Crippen molar-refractivity contribution in [2.75, 3.05) is 0 Å². The zero-order valence-corrected chi connectivity index (χ0v) is 18.9. The third-order valence-corrected chi connectivity index (χ3v) is 5.97. The number of rotatable bonds is 4. The average molecular weight is 443 g/mol. The van der Waals surface area contributed by atoms with E-state index < -0.39 is 0 Å². The summed E-state index contributed by atoms with van der Waals surface area (Å²) in [6.07, 6.45) is 9.58. The molecule has 5 aromatic heterocycles. The predicted octanol–water partition coefficient (Wildman–Crippen LogP) is 5.95. The van der Waals surface area contributed by atoms with Crippen molar-refractivity contribution in [2.45, 2.75) is 13.8 Å². The summed E-state index contributed by atoms with van der Waals surface area (Å²) in [5.74, 6) is 0.844. The highest BCUT2D eigenvalue weighted by atomic mass is 15.1. The Labute approximate surface area is 197 Å². The van der Waals surface area contributed by atoms with Crippen LogP contribution < -0.4 is 0 Å². The first-order valence-corrected chi connectivity index (χ1v) is 11.1. The van der Waals surface area contributed by atoms with Crippen molar-refractivity contribution >= 4 is 11.0 Å². The Morgan fingerprint density at radius 3 is 2.44 bits per heavy atom. The van der Waals surface area contributed by atoms with Gasteiger partial charge >= 0.3 is 0 Å². The standard InChI is InChI=1S/C28H22N6/c1-19-16-22(9-11-26(19)33-15-12-21-6-5-14-30-27(21)33)28-32-25(24-7-3-4-13-29-24)18-34(28)23-10-8-20(2)31-17-23/h3-18H,1-2H3. The van der Waals surface area contributed by atoms with E-state index in [1.165, 1.54) is 0 Å². The summed E-state index contributed by atoms with van der Waals surface area (Å²) < 4.78 is 4.21. The molecule has 0 radical (unpaired) electrons. The Balaban J connectivity index is 1.49. The van der Waals surface area contributed by atoms with Crippen molar-refractivity contribution in [3.8, 4) is 34.2 Å². The lowest BCUT2D eigenvalue weighted by Crippen LogP contribution is -2.00. The van der Waals surface area contributed by atoms with E-state index in [1.807, 2.05) is 55.8 Å². The number of hydrogen-bond donors (Lipinski definition) is 0.